The first-order valence-corrected chi connectivity index (χ1v) is 35.4. The van der Waals surface area contributed by atoms with Crippen molar-refractivity contribution < 1.29 is 8.78 Å². The van der Waals surface area contributed by atoms with Crippen LogP contribution in [-0.4, -0.2) is 126 Å². The van der Waals surface area contributed by atoms with Crippen LogP contribution in [0.25, 0.3) is 85.0 Å². The molecule has 12 aromatic rings. The van der Waals surface area contributed by atoms with Crippen LogP contribution in [0.15, 0.2) is 189 Å². The molecule has 19 heteroatoms. The van der Waals surface area contributed by atoms with Crippen molar-refractivity contribution in [1.29, 1.82) is 5.26 Å². The van der Waals surface area contributed by atoms with E-state index >= 15 is 0 Å². The van der Waals surface area contributed by atoms with Crippen molar-refractivity contribution in [2.75, 3.05) is 88.2 Å². The first-order chi connectivity index (χ1) is 48.7. The number of rotatable bonds is 11. The largest absolute Gasteiger partial charge is 0.371 e. The van der Waals surface area contributed by atoms with E-state index in [9.17, 15) is 8.78 Å². The molecule has 0 amide bonds. The summed E-state index contributed by atoms with van der Waals surface area (Å²) in [7, 11) is 6.36. The van der Waals surface area contributed by atoms with Crippen molar-refractivity contribution in [1.82, 2.24) is 57.8 Å². The molecule has 0 saturated carbocycles. The summed E-state index contributed by atoms with van der Waals surface area (Å²) < 4.78 is 40.1. The number of imidazole rings is 2. The summed E-state index contributed by atoms with van der Waals surface area (Å²) in [6, 6.07) is 50.0. The molecule has 3 fully saturated rings. The summed E-state index contributed by atoms with van der Waals surface area (Å²) in [6.45, 7) is 17.1. The van der Waals surface area contributed by atoms with Gasteiger partial charge in [-0.3, -0.25) is 13.7 Å². The summed E-state index contributed by atoms with van der Waals surface area (Å²) >= 11 is 6.96. The van der Waals surface area contributed by atoms with Gasteiger partial charge < -0.3 is 38.6 Å². The fraction of sp³-hybridized carbons (Fsp3) is 0.296. The second-order valence-corrected chi connectivity index (χ2v) is 28.5. The van der Waals surface area contributed by atoms with Crippen molar-refractivity contribution in [2.45, 2.75) is 59.2 Å². The van der Waals surface area contributed by atoms with Crippen LogP contribution in [0.4, 0.5) is 25.8 Å². The van der Waals surface area contributed by atoms with Gasteiger partial charge in [-0.1, -0.05) is 68.3 Å². The topological polar surface area (TPSA) is 130 Å². The zero-order valence-corrected chi connectivity index (χ0v) is 58.1. The number of nitrogens with zero attached hydrogens (tertiary/aromatic N) is 15. The highest BCUT2D eigenvalue weighted by molar-refractivity contribution is 6.32. The summed E-state index contributed by atoms with van der Waals surface area (Å²) in [5, 5.41) is 21.7. The number of aromatic nitrogens is 10. The molecule has 16 nitrogen and oxygen atoms in total. The molecule has 0 radical (unpaired) electrons. The van der Waals surface area contributed by atoms with E-state index in [2.05, 4.69) is 194 Å². The lowest BCUT2D eigenvalue weighted by atomic mass is 9.98. The average Bonchev–Trinajstić information content (AvgIpc) is 1.61. The molecule has 0 aliphatic carbocycles. The molecule has 6 aromatic carbocycles. The third kappa shape index (κ3) is 12.1. The molecule has 1 N–H and O–H groups in total. The van der Waals surface area contributed by atoms with Crippen molar-refractivity contribution in [3.8, 4) is 91.1 Å². The standard InChI is InChI=1S/C29H32FN5.C26H23ClN6.C26H26FN5/c1-19-15-33(17-23(19)16-32(3)4)25-9-10-27-26(14-25)20(2)35-18-22(21-5-7-24(30)8-6-21)13-28(35)29-31-11-12-34(27)29;1-2-17-9-10-31(14-17)21-7-8-23-20(11-21)15-32-24(26-30-29-16-33(23)26)12-22(25(32)27)19-5-3-18(13-28)4-6-19;1-28-14-18-8-10-30(15-18)23-6-7-24-21(12-23)17-31-16-20(19-2-4-22(27)5-3-19)13-25(31)26-29-9-11-32(24)26/h5-14,18-20,23H,15-17H2,1-4H3;3-8,11-12,16-17H,2,9-10,14-15H2,1H3;2-7,9,11-13,16,18,28H,8,10,14-15,17H2,1H3/t19-,20?,23-;17-;/m10./s1. The number of benzene rings is 6. The van der Waals surface area contributed by atoms with Crippen molar-refractivity contribution in [2.24, 2.45) is 23.7 Å². The van der Waals surface area contributed by atoms with Gasteiger partial charge in [0.15, 0.2) is 17.5 Å². The lowest BCUT2D eigenvalue weighted by Crippen LogP contribution is -2.27. The number of halogens is 3. The molecule has 6 aliphatic rings. The minimum Gasteiger partial charge on any atom is -0.371 e. The summed E-state index contributed by atoms with van der Waals surface area (Å²) in [5.74, 6) is 5.02. The minimum absolute atomic E-state index is 0.133. The number of hydrogen-bond donors (Lipinski definition) is 1. The maximum atomic E-state index is 13.5. The molecule has 3 saturated heterocycles. The van der Waals surface area contributed by atoms with Crippen LogP contribution in [0.3, 0.4) is 0 Å². The molecule has 6 aliphatic heterocycles. The molecule has 100 heavy (non-hydrogen) atoms. The summed E-state index contributed by atoms with van der Waals surface area (Å²) in [5.41, 5.74) is 20.8. The fourth-order valence-electron chi connectivity index (χ4n) is 16.1. The van der Waals surface area contributed by atoms with E-state index in [1.807, 2.05) is 80.4 Å². The van der Waals surface area contributed by atoms with Crippen LogP contribution in [0.1, 0.15) is 68.3 Å². The van der Waals surface area contributed by atoms with Gasteiger partial charge in [-0.05, 0) is 208 Å². The first kappa shape index (κ1) is 64.4. The Morgan fingerprint density at radius 2 is 1.19 bits per heavy atom. The average molecular weight is 1350 g/mol. The first-order valence-electron chi connectivity index (χ1n) is 35.0. The van der Waals surface area contributed by atoms with Crippen LogP contribution in [0, 0.1) is 46.6 Å². The number of nitrogens with one attached hydrogen (secondary N) is 1. The van der Waals surface area contributed by atoms with E-state index in [1.165, 1.54) is 88.7 Å². The fourth-order valence-corrected chi connectivity index (χ4v) is 16.4. The lowest BCUT2D eigenvalue weighted by molar-refractivity contribution is 0.301. The molecule has 18 rings (SSSR count). The van der Waals surface area contributed by atoms with Crippen LogP contribution in [0.5, 0.6) is 0 Å². The van der Waals surface area contributed by atoms with E-state index in [0.717, 1.165) is 138 Å². The normalized spacial score (nSPS) is 18.3. The van der Waals surface area contributed by atoms with Crippen LogP contribution < -0.4 is 20.0 Å². The Morgan fingerprint density at radius 1 is 0.600 bits per heavy atom. The van der Waals surface area contributed by atoms with Crippen molar-refractivity contribution in [3.05, 3.63) is 228 Å². The molecule has 6 aromatic heterocycles. The van der Waals surface area contributed by atoms with E-state index in [4.69, 9.17) is 21.8 Å². The van der Waals surface area contributed by atoms with E-state index in [1.54, 1.807) is 6.33 Å². The maximum Gasteiger partial charge on any atom is 0.185 e. The van der Waals surface area contributed by atoms with Crippen LogP contribution in [0.2, 0.25) is 5.15 Å². The molecule has 0 spiro atoms. The predicted molar refractivity (Wildman–Crippen MR) is 395 cm³/mol. The van der Waals surface area contributed by atoms with E-state index < -0.39 is 0 Å². The number of anilines is 3. The second-order valence-electron chi connectivity index (χ2n) is 28.2. The van der Waals surface area contributed by atoms with Gasteiger partial charge in [-0.25, -0.2) is 18.7 Å². The van der Waals surface area contributed by atoms with Crippen molar-refractivity contribution >= 4 is 28.7 Å². The van der Waals surface area contributed by atoms with E-state index in [0.29, 0.717) is 35.0 Å². The molecule has 12 heterocycles. The number of fused-ring (bicyclic) bond motifs is 15. The maximum absolute atomic E-state index is 13.5. The van der Waals surface area contributed by atoms with Crippen molar-refractivity contribution in [3.63, 3.8) is 0 Å². The number of nitriles is 1. The van der Waals surface area contributed by atoms with Gasteiger partial charge in [0.2, 0.25) is 0 Å². The Balaban J connectivity index is 0.000000117. The highest BCUT2D eigenvalue weighted by atomic mass is 35.5. The molecule has 0 bridgehead atoms. The van der Waals surface area contributed by atoms with E-state index in [-0.39, 0.29) is 17.7 Å². The summed E-state index contributed by atoms with van der Waals surface area (Å²) in [6.07, 6.45) is 17.6. The Kier molecular flexibility index (Phi) is 17.2. The zero-order valence-electron chi connectivity index (χ0n) is 57.3. The molecule has 2 unspecified atom stereocenters. The highest BCUT2D eigenvalue weighted by Crippen LogP contribution is 2.44. The third-order valence-corrected chi connectivity index (χ3v) is 21.9. The highest BCUT2D eigenvalue weighted by Gasteiger charge is 2.34. The van der Waals surface area contributed by atoms with Gasteiger partial charge in [0, 0.05) is 129 Å². The SMILES string of the molecule is CC1c2cc(N3C[C@@H](CN(C)C)[C@H](C)C3)ccc2-n2ccnc2-c2cc(-c3ccc(F)cc3)cn21.CC[C@H]1CCN(c2ccc3c(c2)Cn2c(cc(-c4ccc(C#N)cc4)c2Cl)-c2nncn2-3)C1.CNCC1CCN(c2ccc3c(c2)Cn2cc(-c4ccc(F)cc4)cc2-c2nccn2-3)C1. The smallest absolute Gasteiger partial charge is 0.185 e. The zero-order chi connectivity index (χ0) is 68.4. The molecular formula is C81H81ClF2N16. The van der Waals surface area contributed by atoms with Gasteiger partial charge in [0.25, 0.3) is 0 Å². The van der Waals surface area contributed by atoms with Crippen LogP contribution >= 0.6 is 11.6 Å². The van der Waals surface area contributed by atoms with Gasteiger partial charge >= 0.3 is 0 Å². The Labute approximate surface area is 587 Å². The predicted octanol–water partition coefficient (Wildman–Crippen LogP) is 15.8. The second kappa shape index (κ2) is 26.7. The Hall–Kier alpha value is -10.3. The van der Waals surface area contributed by atoms with Gasteiger partial charge in [-0.2, -0.15) is 5.26 Å². The van der Waals surface area contributed by atoms with Gasteiger partial charge in [0.1, 0.15) is 23.1 Å². The Bertz CT molecular complexity index is 5020. The molecule has 506 valence electrons. The van der Waals surface area contributed by atoms with Gasteiger partial charge in [0.05, 0.1) is 58.4 Å². The molecule has 5 atom stereocenters. The number of hydrogen-bond acceptors (Lipinski definition) is 10. The van der Waals surface area contributed by atoms with Gasteiger partial charge in [-0.15, -0.1) is 10.2 Å². The quantitative estimate of drug-likeness (QED) is 0.134. The molecular weight excluding hydrogens is 1270 g/mol. The minimum atomic E-state index is -0.219. The third-order valence-electron chi connectivity index (χ3n) is 21.5. The monoisotopic (exact) mass is 1350 g/mol. The Morgan fingerprint density at radius 3 is 1.84 bits per heavy atom. The summed E-state index contributed by atoms with van der Waals surface area (Å²) in [4.78, 5) is 19.2. The van der Waals surface area contributed by atoms with Crippen LogP contribution in [-0.2, 0) is 13.1 Å². The lowest BCUT2D eigenvalue weighted by Gasteiger charge is -2.23.